The van der Waals surface area contributed by atoms with E-state index in [1.54, 1.807) is 18.2 Å². The summed E-state index contributed by atoms with van der Waals surface area (Å²) in [7, 11) is 0. The number of rotatable bonds is 5. The van der Waals surface area contributed by atoms with Crippen molar-refractivity contribution in [1.29, 1.82) is 0 Å². The Bertz CT molecular complexity index is 930. The Labute approximate surface area is 147 Å². The summed E-state index contributed by atoms with van der Waals surface area (Å²) in [4.78, 5) is 26.6. The highest BCUT2D eigenvalue weighted by Gasteiger charge is 2.12. The highest BCUT2D eigenvalue weighted by Crippen LogP contribution is 2.24. The zero-order valence-electron chi connectivity index (χ0n) is 13.1. The van der Waals surface area contributed by atoms with E-state index in [0.717, 1.165) is 6.20 Å². The molecule has 1 unspecified atom stereocenters. The molecule has 9 heteroatoms. The molecule has 0 aromatic carbocycles. The second-order valence-electron chi connectivity index (χ2n) is 5.20. The molecule has 0 radical (unpaired) electrons. The van der Waals surface area contributed by atoms with Crippen LogP contribution in [0.5, 0.6) is 0 Å². The van der Waals surface area contributed by atoms with Gasteiger partial charge in [-0.1, -0.05) is 11.6 Å². The number of hydrogen-bond donors (Lipinski definition) is 3. The van der Waals surface area contributed by atoms with E-state index in [-0.39, 0.29) is 17.5 Å². The van der Waals surface area contributed by atoms with Gasteiger partial charge in [-0.3, -0.25) is 9.78 Å². The lowest BCUT2D eigenvalue weighted by Gasteiger charge is -2.15. The van der Waals surface area contributed by atoms with E-state index in [9.17, 15) is 9.18 Å². The second-order valence-corrected chi connectivity index (χ2v) is 5.60. The predicted molar refractivity (Wildman–Crippen MR) is 93.6 cm³/mol. The van der Waals surface area contributed by atoms with Crippen molar-refractivity contribution in [2.75, 3.05) is 10.6 Å². The zero-order chi connectivity index (χ0) is 17.8. The smallest absolute Gasteiger partial charge is 0.271 e. The first-order chi connectivity index (χ1) is 12.0. The van der Waals surface area contributed by atoms with Crippen molar-refractivity contribution in [3.63, 3.8) is 0 Å². The maximum atomic E-state index is 13.0. The number of pyridine rings is 2. The molecule has 3 heterocycles. The highest BCUT2D eigenvalue weighted by atomic mass is 35.5. The van der Waals surface area contributed by atoms with Crippen LogP contribution in [0.25, 0.3) is 0 Å². The lowest BCUT2D eigenvalue weighted by atomic mass is 10.2. The van der Waals surface area contributed by atoms with Gasteiger partial charge >= 0.3 is 0 Å². The molecular weight excluding hydrogens is 347 g/mol. The van der Waals surface area contributed by atoms with Gasteiger partial charge in [-0.25, -0.2) is 9.37 Å². The molecule has 0 fully saturated rings. The normalized spacial score (nSPS) is 11.8. The fourth-order valence-corrected chi connectivity index (χ4v) is 2.24. The Morgan fingerprint density at radius 1 is 1.24 bits per heavy atom. The van der Waals surface area contributed by atoms with Gasteiger partial charge in [0.05, 0.1) is 24.1 Å². The minimum Gasteiger partial charge on any atom is -0.361 e. The summed E-state index contributed by atoms with van der Waals surface area (Å²) in [5.74, 6) is 0.170. The SMILES string of the molecule is CC(Nc1nc(Nc2ccc[nH]c2=O)ncc1Cl)c1ccc(F)cn1. The summed E-state index contributed by atoms with van der Waals surface area (Å²) in [5, 5.41) is 6.23. The average molecular weight is 361 g/mol. The molecule has 0 amide bonds. The van der Waals surface area contributed by atoms with Gasteiger partial charge in [0.1, 0.15) is 16.5 Å². The Hall–Kier alpha value is -3.00. The third-order valence-electron chi connectivity index (χ3n) is 3.36. The van der Waals surface area contributed by atoms with Gasteiger partial charge in [0.2, 0.25) is 5.95 Å². The minimum absolute atomic E-state index is 0.211. The quantitative estimate of drug-likeness (QED) is 0.646. The molecule has 0 bridgehead atoms. The number of nitrogens with zero attached hydrogens (tertiary/aromatic N) is 3. The first-order valence-corrected chi connectivity index (χ1v) is 7.76. The van der Waals surface area contributed by atoms with Gasteiger partial charge in [-0.2, -0.15) is 4.98 Å². The molecule has 1 atom stereocenters. The Morgan fingerprint density at radius 3 is 2.80 bits per heavy atom. The van der Waals surface area contributed by atoms with E-state index >= 15 is 0 Å². The van der Waals surface area contributed by atoms with Crippen molar-refractivity contribution in [1.82, 2.24) is 19.9 Å². The van der Waals surface area contributed by atoms with Crippen molar-refractivity contribution in [3.05, 3.63) is 69.7 Å². The van der Waals surface area contributed by atoms with Crippen LogP contribution in [0.2, 0.25) is 5.02 Å². The molecule has 0 aliphatic carbocycles. The molecule has 0 saturated carbocycles. The van der Waals surface area contributed by atoms with E-state index in [4.69, 9.17) is 11.6 Å². The molecule has 0 aliphatic rings. The molecule has 3 rings (SSSR count). The van der Waals surface area contributed by atoms with Gasteiger partial charge in [0, 0.05) is 6.20 Å². The first kappa shape index (κ1) is 16.8. The van der Waals surface area contributed by atoms with E-state index in [0.29, 0.717) is 22.2 Å². The van der Waals surface area contributed by atoms with E-state index in [2.05, 4.69) is 30.6 Å². The van der Waals surface area contributed by atoms with Crippen molar-refractivity contribution in [3.8, 4) is 0 Å². The molecule has 0 aliphatic heterocycles. The maximum absolute atomic E-state index is 13.0. The van der Waals surface area contributed by atoms with Crippen molar-refractivity contribution >= 4 is 29.1 Å². The number of hydrogen-bond acceptors (Lipinski definition) is 6. The molecule has 0 saturated heterocycles. The molecule has 128 valence electrons. The largest absolute Gasteiger partial charge is 0.361 e. The molecular formula is C16H14ClFN6O. The molecule has 3 aromatic heterocycles. The van der Waals surface area contributed by atoms with Gasteiger partial charge in [-0.15, -0.1) is 0 Å². The highest BCUT2D eigenvalue weighted by molar-refractivity contribution is 6.32. The fourth-order valence-electron chi connectivity index (χ4n) is 2.09. The van der Waals surface area contributed by atoms with Gasteiger partial charge < -0.3 is 15.6 Å². The predicted octanol–water partition coefficient (Wildman–Crippen LogP) is 3.27. The standard InChI is InChI=1S/C16H14ClFN6O/c1-9(12-5-4-10(18)7-20-12)22-14-11(17)8-21-16(24-14)23-13-3-2-6-19-15(13)25/h2-9H,1H3,(H,19,25)(H2,21,22,23,24). The lowest BCUT2D eigenvalue weighted by molar-refractivity contribution is 0.617. The number of H-pyrrole nitrogens is 1. The molecule has 3 N–H and O–H groups in total. The van der Waals surface area contributed by atoms with Crippen LogP contribution in [-0.2, 0) is 0 Å². The van der Waals surface area contributed by atoms with Crippen LogP contribution >= 0.6 is 11.6 Å². The maximum Gasteiger partial charge on any atom is 0.271 e. The Balaban J connectivity index is 1.81. The summed E-state index contributed by atoms with van der Waals surface area (Å²) in [6.07, 6.45) is 4.09. The van der Waals surface area contributed by atoms with Crippen LogP contribution in [0, 0.1) is 5.82 Å². The van der Waals surface area contributed by atoms with Crippen LogP contribution in [0.15, 0.2) is 47.7 Å². The van der Waals surface area contributed by atoms with Crippen LogP contribution in [0.4, 0.5) is 21.8 Å². The third-order valence-corrected chi connectivity index (χ3v) is 3.63. The number of aromatic amines is 1. The summed E-state index contributed by atoms with van der Waals surface area (Å²) in [6, 6.07) is 5.93. The third kappa shape index (κ3) is 4.10. The average Bonchev–Trinajstić information content (AvgIpc) is 2.60. The molecule has 25 heavy (non-hydrogen) atoms. The van der Waals surface area contributed by atoms with E-state index in [1.165, 1.54) is 18.5 Å². The summed E-state index contributed by atoms with van der Waals surface area (Å²) < 4.78 is 13.0. The topological polar surface area (TPSA) is 95.6 Å². The van der Waals surface area contributed by atoms with Crippen molar-refractivity contribution in [2.24, 2.45) is 0 Å². The number of aromatic nitrogens is 4. The molecule has 7 nitrogen and oxygen atoms in total. The van der Waals surface area contributed by atoms with Crippen LogP contribution < -0.4 is 16.2 Å². The minimum atomic E-state index is -0.407. The van der Waals surface area contributed by atoms with Gasteiger partial charge in [0.15, 0.2) is 5.82 Å². The summed E-state index contributed by atoms with van der Waals surface area (Å²) in [5.41, 5.74) is 0.647. The number of halogens is 2. The van der Waals surface area contributed by atoms with E-state index in [1.807, 2.05) is 6.92 Å². The lowest BCUT2D eigenvalue weighted by Crippen LogP contribution is -2.13. The monoisotopic (exact) mass is 360 g/mol. The Morgan fingerprint density at radius 2 is 2.08 bits per heavy atom. The van der Waals surface area contributed by atoms with Crippen molar-refractivity contribution < 1.29 is 4.39 Å². The van der Waals surface area contributed by atoms with Crippen LogP contribution in [0.1, 0.15) is 18.7 Å². The summed E-state index contributed by atoms with van der Waals surface area (Å²) in [6.45, 7) is 1.84. The van der Waals surface area contributed by atoms with Crippen LogP contribution in [-0.4, -0.2) is 19.9 Å². The van der Waals surface area contributed by atoms with Gasteiger partial charge in [-0.05, 0) is 31.2 Å². The number of nitrogens with one attached hydrogen (secondary N) is 3. The second kappa shape index (κ2) is 7.27. The molecule has 0 spiro atoms. The summed E-state index contributed by atoms with van der Waals surface area (Å²) >= 11 is 6.12. The van der Waals surface area contributed by atoms with Crippen LogP contribution in [0.3, 0.4) is 0 Å². The van der Waals surface area contributed by atoms with Crippen molar-refractivity contribution in [2.45, 2.75) is 13.0 Å². The Kier molecular flexibility index (Phi) is 4.90. The molecule has 3 aromatic rings. The van der Waals surface area contributed by atoms with Gasteiger partial charge in [0.25, 0.3) is 5.56 Å². The zero-order valence-corrected chi connectivity index (χ0v) is 13.9. The van der Waals surface area contributed by atoms with E-state index < -0.39 is 5.82 Å². The first-order valence-electron chi connectivity index (χ1n) is 7.38. The number of anilines is 3. The fraction of sp³-hybridized carbons (Fsp3) is 0.125.